The Hall–Kier alpha value is -1.04. The molecule has 0 aliphatic heterocycles. The van der Waals surface area contributed by atoms with Crippen molar-refractivity contribution in [2.24, 2.45) is 4.99 Å². The SMILES string of the molecule is CCS(=O)C1CCCC(NC(=NC)NCc2ccccc2OCC(F)(F)F)C1.I. The topological polar surface area (TPSA) is 62.7 Å². The number of hydrogen-bond acceptors (Lipinski definition) is 3. The molecule has 0 heterocycles. The first-order valence-electron chi connectivity index (χ1n) is 9.44. The number of benzene rings is 1. The smallest absolute Gasteiger partial charge is 0.422 e. The summed E-state index contributed by atoms with van der Waals surface area (Å²) >= 11 is 0. The zero-order chi connectivity index (χ0) is 20.6. The molecule has 0 spiro atoms. The number of rotatable bonds is 7. The van der Waals surface area contributed by atoms with Crippen LogP contribution in [0.3, 0.4) is 0 Å². The van der Waals surface area contributed by atoms with Crippen LogP contribution in [0, 0.1) is 0 Å². The number of para-hydroxylation sites is 1. The van der Waals surface area contributed by atoms with Gasteiger partial charge in [-0.1, -0.05) is 31.5 Å². The van der Waals surface area contributed by atoms with Gasteiger partial charge in [-0.2, -0.15) is 13.2 Å². The van der Waals surface area contributed by atoms with Crippen LogP contribution in [0.2, 0.25) is 0 Å². The van der Waals surface area contributed by atoms with Gasteiger partial charge in [0.25, 0.3) is 0 Å². The van der Waals surface area contributed by atoms with Gasteiger partial charge >= 0.3 is 6.18 Å². The molecular weight excluding hydrogens is 518 g/mol. The van der Waals surface area contributed by atoms with Crippen LogP contribution >= 0.6 is 24.0 Å². The van der Waals surface area contributed by atoms with Crippen molar-refractivity contribution in [1.29, 1.82) is 0 Å². The number of alkyl halides is 3. The largest absolute Gasteiger partial charge is 0.484 e. The van der Waals surface area contributed by atoms with Crippen molar-refractivity contribution >= 4 is 40.7 Å². The predicted molar refractivity (Wildman–Crippen MR) is 121 cm³/mol. The van der Waals surface area contributed by atoms with E-state index in [1.54, 1.807) is 25.2 Å². The van der Waals surface area contributed by atoms with Gasteiger partial charge in [-0.15, -0.1) is 24.0 Å². The van der Waals surface area contributed by atoms with E-state index in [0.717, 1.165) is 25.7 Å². The van der Waals surface area contributed by atoms with E-state index in [2.05, 4.69) is 15.6 Å². The lowest BCUT2D eigenvalue weighted by Crippen LogP contribution is -2.46. The Morgan fingerprint density at radius 1 is 1.31 bits per heavy atom. The first-order valence-corrected chi connectivity index (χ1v) is 10.8. The third-order valence-corrected chi connectivity index (χ3v) is 6.40. The van der Waals surface area contributed by atoms with Gasteiger partial charge in [0, 0.05) is 47.0 Å². The molecule has 0 amide bonds. The molecular formula is C19H29F3IN3O2S. The summed E-state index contributed by atoms with van der Waals surface area (Å²) in [5, 5.41) is 6.67. The van der Waals surface area contributed by atoms with E-state index in [-0.39, 0.29) is 47.6 Å². The lowest BCUT2D eigenvalue weighted by atomic mass is 9.95. The second-order valence-corrected chi connectivity index (χ2v) is 8.74. The standard InChI is InChI=1S/C19H28F3N3O2S.HI/c1-3-28(26)16-9-6-8-15(11-16)25-18(23-2)24-12-14-7-4-5-10-17(14)27-13-19(20,21)22;/h4-5,7,10,15-16H,3,6,8-9,11-13H2,1-2H3,(H2,23,24,25);1H. The van der Waals surface area contributed by atoms with Crippen LogP contribution in [0.5, 0.6) is 5.75 Å². The molecule has 3 atom stereocenters. The van der Waals surface area contributed by atoms with Crippen LogP contribution in [0.15, 0.2) is 29.3 Å². The molecule has 1 fully saturated rings. The summed E-state index contributed by atoms with van der Waals surface area (Å²) in [4.78, 5) is 4.20. The number of nitrogens with zero attached hydrogens (tertiary/aromatic N) is 1. The lowest BCUT2D eigenvalue weighted by molar-refractivity contribution is -0.153. The van der Waals surface area contributed by atoms with Crippen molar-refractivity contribution in [2.45, 2.75) is 56.6 Å². The average molecular weight is 547 g/mol. The van der Waals surface area contributed by atoms with Crippen molar-refractivity contribution in [1.82, 2.24) is 10.6 Å². The Kier molecular flexibility index (Phi) is 11.3. The summed E-state index contributed by atoms with van der Waals surface area (Å²) in [7, 11) is 0.839. The third kappa shape index (κ3) is 9.10. The summed E-state index contributed by atoms with van der Waals surface area (Å²) in [5.41, 5.74) is 0.614. The Morgan fingerprint density at radius 3 is 2.69 bits per heavy atom. The van der Waals surface area contributed by atoms with Gasteiger partial charge in [-0.3, -0.25) is 9.20 Å². The summed E-state index contributed by atoms with van der Waals surface area (Å²) in [6, 6.07) is 6.80. The quantitative estimate of drug-likeness (QED) is 0.308. The summed E-state index contributed by atoms with van der Waals surface area (Å²) < 4.78 is 54.3. The van der Waals surface area contributed by atoms with Crippen molar-refractivity contribution in [3.05, 3.63) is 29.8 Å². The van der Waals surface area contributed by atoms with Gasteiger partial charge in [-0.05, 0) is 25.3 Å². The lowest BCUT2D eigenvalue weighted by Gasteiger charge is -2.30. The minimum absolute atomic E-state index is 0. The summed E-state index contributed by atoms with van der Waals surface area (Å²) in [6.45, 7) is 0.895. The zero-order valence-electron chi connectivity index (χ0n) is 16.6. The normalized spacial score (nSPS) is 21.1. The Morgan fingerprint density at radius 2 is 2.03 bits per heavy atom. The van der Waals surface area contributed by atoms with Crippen LogP contribution in [0.4, 0.5) is 13.2 Å². The first-order chi connectivity index (χ1) is 13.3. The van der Waals surface area contributed by atoms with Crippen molar-refractivity contribution in [3.63, 3.8) is 0 Å². The number of hydrogen-bond donors (Lipinski definition) is 2. The number of halogens is 4. The molecule has 2 N–H and O–H groups in total. The fourth-order valence-corrected chi connectivity index (χ4v) is 4.62. The van der Waals surface area contributed by atoms with Crippen molar-refractivity contribution in [3.8, 4) is 5.75 Å². The fourth-order valence-electron chi connectivity index (χ4n) is 3.27. The molecule has 2 rings (SSSR count). The Labute approximate surface area is 189 Å². The number of guanidine groups is 1. The highest BCUT2D eigenvalue weighted by atomic mass is 127. The summed E-state index contributed by atoms with van der Waals surface area (Å²) in [6.07, 6.45) is -0.585. The third-order valence-electron chi connectivity index (χ3n) is 4.66. The molecule has 5 nitrogen and oxygen atoms in total. The molecule has 0 radical (unpaired) electrons. The molecule has 166 valence electrons. The number of nitrogens with one attached hydrogen (secondary N) is 2. The van der Waals surface area contributed by atoms with Crippen LogP contribution in [-0.4, -0.2) is 47.0 Å². The molecule has 0 saturated heterocycles. The molecule has 1 saturated carbocycles. The van der Waals surface area contributed by atoms with Gasteiger partial charge in [-0.25, -0.2) is 0 Å². The van der Waals surface area contributed by atoms with E-state index in [1.165, 1.54) is 6.07 Å². The van der Waals surface area contributed by atoms with Gasteiger partial charge in [0.2, 0.25) is 0 Å². The van der Waals surface area contributed by atoms with E-state index in [1.807, 2.05) is 6.92 Å². The van der Waals surface area contributed by atoms with E-state index in [0.29, 0.717) is 17.3 Å². The van der Waals surface area contributed by atoms with Crippen molar-refractivity contribution in [2.75, 3.05) is 19.4 Å². The molecule has 1 aromatic carbocycles. The highest BCUT2D eigenvalue weighted by Gasteiger charge is 2.29. The molecule has 1 aromatic rings. The zero-order valence-corrected chi connectivity index (χ0v) is 19.8. The van der Waals surface area contributed by atoms with Gasteiger partial charge in [0.1, 0.15) is 5.75 Å². The van der Waals surface area contributed by atoms with E-state index >= 15 is 0 Å². The maximum absolute atomic E-state index is 12.4. The molecule has 1 aliphatic rings. The van der Waals surface area contributed by atoms with Crippen LogP contribution in [-0.2, 0) is 17.3 Å². The van der Waals surface area contributed by atoms with Crippen molar-refractivity contribution < 1.29 is 22.1 Å². The second-order valence-electron chi connectivity index (χ2n) is 6.74. The molecule has 3 unspecified atom stereocenters. The Bertz CT molecular complexity index is 689. The van der Waals surface area contributed by atoms with Crippen LogP contribution in [0.25, 0.3) is 0 Å². The van der Waals surface area contributed by atoms with E-state index < -0.39 is 23.6 Å². The number of aliphatic imine (C=N–C) groups is 1. The maximum Gasteiger partial charge on any atom is 0.422 e. The average Bonchev–Trinajstić information content (AvgIpc) is 2.69. The Balaban J connectivity index is 0.00000420. The number of ether oxygens (including phenoxy) is 1. The monoisotopic (exact) mass is 547 g/mol. The minimum Gasteiger partial charge on any atom is -0.484 e. The minimum atomic E-state index is -4.38. The van der Waals surface area contributed by atoms with Crippen LogP contribution < -0.4 is 15.4 Å². The van der Waals surface area contributed by atoms with Gasteiger partial charge in [0.05, 0.1) is 0 Å². The molecule has 29 heavy (non-hydrogen) atoms. The predicted octanol–water partition coefficient (Wildman–Crippen LogP) is 3.99. The molecule has 1 aliphatic carbocycles. The molecule has 0 bridgehead atoms. The molecule has 0 aromatic heterocycles. The van der Waals surface area contributed by atoms with Gasteiger partial charge < -0.3 is 15.4 Å². The fraction of sp³-hybridized carbons (Fsp3) is 0.632. The maximum atomic E-state index is 12.4. The molecule has 10 heteroatoms. The highest BCUT2D eigenvalue weighted by Crippen LogP contribution is 2.24. The van der Waals surface area contributed by atoms with Crippen LogP contribution in [0.1, 0.15) is 38.2 Å². The second kappa shape index (κ2) is 12.6. The summed E-state index contributed by atoms with van der Waals surface area (Å²) in [5.74, 6) is 1.43. The van der Waals surface area contributed by atoms with E-state index in [4.69, 9.17) is 4.74 Å². The highest BCUT2D eigenvalue weighted by molar-refractivity contribution is 14.0. The van der Waals surface area contributed by atoms with E-state index in [9.17, 15) is 17.4 Å². The first kappa shape index (κ1) is 26.0. The van der Waals surface area contributed by atoms with Gasteiger partial charge in [0.15, 0.2) is 12.6 Å².